The van der Waals surface area contributed by atoms with E-state index >= 15 is 0 Å². The van der Waals surface area contributed by atoms with Crippen LogP contribution in [0.2, 0.25) is 0 Å². The van der Waals surface area contributed by atoms with E-state index in [1.165, 1.54) is 11.3 Å². The summed E-state index contributed by atoms with van der Waals surface area (Å²) < 4.78 is 1.15. The fourth-order valence-electron chi connectivity index (χ4n) is 2.81. The van der Waals surface area contributed by atoms with Crippen molar-refractivity contribution in [3.05, 3.63) is 76.0 Å². The predicted octanol–water partition coefficient (Wildman–Crippen LogP) is 6.00. The van der Waals surface area contributed by atoms with E-state index in [-0.39, 0.29) is 5.91 Å². The fraction of sp³-hybridized carbons (Fsp3) is 0.0476. The molecule has 0 atom stereocenters. The molecule has 1 amide bonds. The molecule has 0 aliphatic carbocycles. The van der Waals surface area contributed by atoms with Gasteiger partial charge in [0.2, 0.25) is 0 Å². The Bertz CT molecular complexity index is 1110. The van der Waals surface area contributed by atoms with Gasteiger partial charge in [-0.05, 0) is 47.5 Å². The number of hydrogen-bond acceptors (Lipinski definition) is 4. The zero-order valence-electron chi connectivity index (χ0n) is 14.0. The SMILES string of the molecule is Cc1ccc(-c2scc(NC(=O)c3ccc4sccc4c3)c2C=O)cc1. The normalized spacial score (nSPS) is 10.8. The summed E-state index contributed by atoms with van der Waals surface area (Å²) in [6.45, 7) is 2.02. The lowest BCUT2D eigenvalue weighted by molar-refractivity contribution is 0.102. The van der Waals surface area contributed by atoms with Crippen LogP contribution in [-0.2, 0) is 0 Å². The number of carbonyl (C=O) groups is 2. The summed E-state index contributed by atoms with van der Waals surface area (Å²) in [5.74, 6) is -0.213. The van der Waals surface area contributed by atoms with Gasteiger partial charge in [-0.1, -0.05) is 29.8 Å². The quantitative estimate of drug-likeness (QED) is 0.443. The molecule has 4 aromatic rings. The molecule has 0 saturated heterocycles. The van der Waals surface area contributed by atoms with E-state index < -0.39 is 0 Å². The van der Waals surface area contributed by atoms with Crippen molar-refractivity contribution in [2.24, 2.45) is 0 Å². The Hall–Kier alpha value is -2.76. The second kappa shape index (κ2) is 6.86. The minimum atomic E-state index is -0.213. The van der Waals surface area contributed by atoms with Gasteiger partial charge in [0.25, 0.3) is 5.91 Å². The van der Waals surface area contributed by atoms with Crippen LogP contribution in [0.4, 0.5) is 5.69 Å². The van der Waals surface area contributed by atoms with E-state index in [0.717, 1.165) is 32.4 Å². The second-order valence-corrected chi connectivity index (χ2v) is 7.83. The van der Waals surface area contributed by atoms with Crippen molar-refractivity contribution < 1.29 is 9.59 Å². The average Bonchev–Trinajstić information content (AvgIpc) is 3.28. The van der Waals surface area contributed by atoms with Crippen LogP contribution in [-0.4, -0.2) is 12.2 Å². The fourth-order valence-corrected chi connectivity index (χ4v) is 4.56. The summed E-state index contributed by atoms with van der Waals surface area (Å²) in [5, 5.41) is 7.75. The molecule has 0 aliphatic rings. The molecule has 2 heterocycles. The monoisotopic (exact) mass is 377 g/mol. The molecule has 3 nitrogen and oxygen atoms in total. The molecule has 4 rings (SSSR count). The van der Waals surface area contributed by atoms with Crippen molar-refractivity contribution in [3.8, 4) is 10.4 Å². The Morgan fingerprint density at radius 3 is 2.62 bits per heavy atom. The molecule has 26 heavy (non-hydrogen) atoms. The third kappa shape index (κ3) is 3.07. The van der Waals surface area contributed by atoms with Crippen LogP contribution in [0, 0.1) is 6.92 Å². The summed E-state index contributed by atoms with van der Waals surface area (Å²) in [6.07, 6.45) is 0.809. The van der Waals surface area contributed by atoms with Crippen LogP contribution >= 0.6 is 22.7 Å². The molecule has 0 unspecified atom stereocenters. The van der Waals surface area contributed by atoms with Crippen molar-refractivity contribution in [2.45, 2.75) is 6.92 Å². The van der Waals surface area contributed by atoms with Crippen LogP contribution in [0.5, 0.6) is 0 Å². The van der Waals surface area contributed by atoms with Crippen molar-refractivity contribution in [3.63, 3.8) is 0 Å². The smallest absolute Gasteiger partial charge is 0.255 e. The largest absolute Gasteiger partial charge is 0.321 e. The second-order valence-electron chi connectivity index (χ2n) is 6.00. The summed E-state index contributed by atoms with van der Waals surface area (Å²) in [7, 11) is 0. The molecular weight excluding hydrogens is 362 g/mol. The zero-order chi connectivity index (χ0) is 18.1. The van der Waals surface area contributed by atoms with Gasteiger partial charge in [-0.2, -0.15) is 0 Å². The van der Waals surface area contributed by atoms with Crippen LogP contribution in [0.15, 0.2) is 59.3 Å². The van der Waals surface area contributed by atoms with E-state index in [2.05, 4.69) is 5.32 Å². The van der Waals surface area contributed by atoms with E-state index in [1.54, 1.807) is 11.3 Å². The van der Waals surface area contributed by atoms with Crippen LogP contribution in [0.3, 0.4) is 0 Å². The molecule has 0 spiro atoms. The van der Waals surface area contributed by atoms with E-state index in [1.807, 2.05) is 66.2 Å². The molecular formula is C21H15NO2S2. The van der Waals surface area contributed by atoms with Gasteiger partial charge in [-0.15, -0.1) is 22.7 Å². The first-order valence-electron chi connectivity index (χ1n) is 8.08. The Morgan fingerprint density at radius 2 is 1.85 bits per heavy atom. The summed E-state index contributed by atoms with van der Waals surface area (Å²) in [5.41, 5.74) is 3.79. The number of carbonyl (C=O) groups excluding carboxylic acids is 2. The van der Waals surface area contributed by atoms with Gasteiger partial charge in [0.15, 0.2) is 6.29 Å². The Labute approximate surface area is 158 Å². The first kappa shape index (κ1) is 16.7. The number of hydrogen-bond donors (Lipinski definition) is 1. The van der Waals surface area contributed by atoms with Crippen molar-refractivity contribution in [2.75, 3.05) is 5.32 Å². The summed E-state index contributed by atoms with van der Waals surface area (Å²) in [6, 6.07) is 15.6. The van der Waals surface area contributed by atoms with E-state index in [0.29, 0.717) is 16.8 Å². The predicted molar refractivity (Wildman–Crippen MR) is 110 cm³/mol. The maximum absolute atomic E-state index is 12.6. The first-order valence-corrected chi connectivity index (χ1v) is 9.84. The van der Waals surface area contributed by atoms with Crippen molar-refractivity contribution in [1.82, 2.24) is 0 Å². The zero-order valence-corrected chi connectivity index (χ0v) is 15.6. The Balaban J connectivity index is 1.64. The molecule has 0 saturated carbocycles. The highest BCUT2D eigenvalue weighted by Crippen LogP contribution is 2.35. The number of aldehydes is 1. The molecule has 1 N–H and O–H groups in total. The molecule has 0 bridgehead atoms. The lowest BCUT2D eigenvalue weighted by Gasteiger charge is -2.06. The molecule has 0 aliphatic heterocycles. The molecule has 5 heteroatoms. The van der Waals surface area contributed by atoms with Gasteiger partial charge in [0, 0.05) is 20.5 Å². The van der Waals surface area contributed by atoms with E-state index in [9.17, 15) is 9.59 Å². The van der Waals surface area contributed by atoms with Crippen LogP contribution in [0.1, 0.15) is 26.3 Å². The number of benzene rings is 2. The van der Waals surface area contributed by atoms with Crippen LogP contribution < -0.4 is 5.32 Å². The maximum atomic E-state index is 12.6. The lowest BCUT2D eigenvalue weighted by atomic mass is 10.1. The summed E-state index contributed by atoms with van der Waals surface area (Å²) in [4.78, 5) is 25.1. The highest BCUT2D eigenvalue weighted by atomic mass is 32.1. The third-order valence-electron chi connectivity index (χ3n) is 4.22. The number of nitrogens with one attached hydrogen (secondary N) is 1. The van der Waals surface area contributed by atoms with Gasteiger partial charge >= 0.3 is 0 Å². The minimum absolute atomic E-state index is 0.213. The van der Waals surface area contributed by atoms with Crippen molar-refractivity contribution >= 4 is 50.6 Å². The molecule has 2 aromatic heterocycles. The highest BCUT2D eigenvalue weighted by molar-refractivity contribution is 7.17. The molecule has 0 radical (unpaired) electrons. The number of fused-ring (bicyclic) bond motifs is 1. The Morgan fingerprint density at radius 1 is 1.04 bits per heavy atom. The Kier molecular flexibility index (Phi) is 4.41. The molecule has 0 fully saturated rings. The van der Waals surface area contributed by atoms with Gasteiger partial charge in [-0.25, -0.2) is 0 Å². The molecule has 2 aromatic carbocycles. The van der Waals surface area contributed by atoms with Crippen LogP contribution in [0.25, 0.3) is 20.5 Å². The highest BCUT2D eigenvalue weighted by Gasteiger charge is 2.16. The first-order chi connectivity index (χ1) is 12.7. The summed E-state index contributed by atoms with van der Waals surface area (Å²) >= 11 is 3.10. The van der Waals surface area contributed by atoms with Gasteiger partial charge in [0.05, 0.1) is 11.3 Å². The maximum Gasteiger partial charge on any atom is 0.255 e. The molecule has 128 valence electrons. The third-order valence-corrected chi connectivity index (χ3v) is 6.17. The minimum Gasteiger partial charge on any atom is -0.321 e. The number of aryl methyl sites for hydroxylation is 1. The number of thiophene rings is 2. The number of amides is 1. The van der Waals surface area contributed by atoms with Gasteiger partial charge in [0.1, 0.15) is 0 Å². The topological polar surface area (TPSA) is 46.2 Å². The average molecular weight is 377 g/mol. The van der Waals surface area contributed by atoms with Gasteiger partial charge in [-0.3, -0.25) is 9.59 Å². The lowest BCUT2D eigenvalue weighted by Crippen LogP contribution is -2.12. The number of rotatable bonds is 4. The van der Waals surface area contributed by atoms with Crippen molar-refractivity contribution in [1.29, 1.82) is 0 Å². The number of anilines is 1. The standard InChI is InChI=1S/C21H15NO2S2/c1-13-2-4-14(5-3-13)20-17(11-23)18(12-26-20)22-21(24)16-6-7-19-15(10-16)8-9-25-19/h2-12H,1H3,(H,22,24). The van der Waals surface area contributed by atoms with E-state index in [4.69, 9.17) is 0 Å². The van der Waals surface area contributed by atoms with Gasteiger partial charge < -0.3 is 5.32 Å².